The fraction of sp³-hybridized carbons (Fsp3) is 1.00. The number of rotatable bonds is 3. The number of halogens is 2. The van der Waals surface area contributed by atoms with Crippen molar-refractivity contribution in [3.63, 3.8) is 0 Å². The van der Waals surface area contributed by atoms with E-state index in [2.05, 4.69) is 0 Å². The zero-order chi connectivity index (χ0) is 5.70. The minimum absolute atomic E-state index is 0.0671. The summed E-state index contributed by atoms with van der Waals surface area (Å²) in [5, 5.41) is 0.0671. The fourth-order valence-electron chi connectivity index (χ4n) is 0.236. The number of hydrogen-bond donors (Lipinski definition) is 0. The first kappa shape index (κ1) is 7.64. The second-order valence-corrected chi connectivity index (χ2v) is 2.31. The Morgan fingerprint density at radius 3 is 2.29 bits per heavy atom. The maximum Gasteiger partial charge on any atom is 0.0672 e. The molecule has 0 aliphatic rings. The molecule has 0 aromatic heterocycles. The Kier molecular flexibility index (Phi) is 5.24. The summed E-state index contributed by atoms with van der Waals surface area (Å²) in [7, 11) is 5.17. The van der Waals surface area contributed by atoms with Crippen molar-refractivity contribution >= 4 is 31.0 Å². The molecule has 0 aromatic carbocycles. The zero-order valence-corrected chi connectivity index (χ0v) is 5.54. The van der Waals surface area contributed by atoms with Crippen molar-refractivity contribution in [2.24, 2.45) is 0 Å². The summed E-state index contributed by atoms with van der Waals surface area (Å²) in [6.07, 6.45) is 1.33. The van der Waals surface area contributed by atoms with Crippen LogP contribution in [0.25, 0.3) is 0 Å². The lowest BCUT2D eigenvalue weighted by Gasteiger charge is -1.99. The maximum atomic E-state index is 5.56. The van der Waals surface area contributed by atoms with Gasteiger partial charge in [-0.05, 0) is 6.42 Å². The lowest BCUT2D eigenvalue weighted by atomic mass is 10.0. The first-order valence-electron chi connectivity index (χ1n) is 2.21. The third-order valence-corrected chi connectivity index (χ3v) is 1.29. The summed E-state index contributed by atoms with van der Waals surface area (Å²) in [5.41, 5.74) is 0. The van der Waals surface area contributed by atoms with Gasteiger partial charge in [0.1, 0.15) is 0 Å². The van der Waals surface area contributed by atoms with Gasteiger partial charge in [0.2, 0.25) is 0 Å². The van der Waals surface area contributed by atoms with Crippen LogP contribution in [0.1, 0.15) is 6.42 Å². The third kappa shape index (κ3) is 4.50. The Morgan fingerprint density at radius 2 is 2.14 bits per heavy atom. The SMILES string of the molecule is [B]CC(Cl)CCCl. The van der Waals surface area contributed by atoms with E-state index in [-0.39, 0.29) is 5.38 Å². The monoisotopic (exact) mass is 136 g/mol. The van der Waals surface area contributed by atoms with Gasteiger partial charge in [0.15, 0.2) is 0 Å². The molecule has 0 nitrogen and oxygen atoms in total. The summed E-state index contributed by atoms with van der Waals surface area (Å²) >= 11 is 10.9. The molecule has 3 heteroatoms. The van der Waals surface area contributed by atoms with E-state index in [1.54, 1.807) is 0 Å². The highest BCUT2D eigenvalue weighted by Crippen LogP contribution is 2.05. The molecule has 0 aliphatic heterocycles. The molecular formula is C4H7BCl2. The number of alkyl halides is 2. The van der Waals surface area contributed by atoms with Crippen molar-refractivity contribution < 1.29 is 0 Å². The summed E-state index contributed by atoms with van der Waals surface area (Å²) in [5.74, 6) is 0.603. The molecule has 0 spiro atoms. The van der Waals surface area contributed by atoms with Crippen LogP contribution in [-0.4, -0.2) is 19.1 Å². The molecule has 0 bridgehead atoms. The van der Waals surface area contributed by atoms with Gasteiger partial charge in [-0.3, -0.25) is 0 Å². The smallest absolute Gasteiger partial charge is 0.0672 e. The van der Waals surface area contributed by atoms with Crippen molar-refractivity contribution in [1.29, 1.82) is 0 Å². The molecular weight excluding hydrogens is 130 g/mol. The summed E-state index contributed by atoms with van der Waals surface area (Å²) in [6.45, 7) is 0. The lowest BCUT2D eigenvalue weighted by Crippen LogP contribution is -1.96. The van der Waals surface area contributed by atoms with Crippen LogP contribution in [0.4, 0.5) is 0 Å². The first-order chi connectivity index (χ1) is 3.31. The van der Waals surface area contributed by atoms with Crippen LogP contribution in [-0.2, 0) is 0 Å². The van der Waals surface area contributed by atoms with E-state index in [0.29, 0.717) is 12.2 Å². The molecule has 0 saturated heterocycles. The van der Waals surface area contributed by atoms with Crippen molar-refractivity contribution in [2.75, 3.05) is 5.88 Å². The van der Waals surface area contributed by atoms with Gasteiger partial charge in [-0.1, -0.05) is 6.32 Å². The predicted molar refractivity (Wildman–Crippen MR) is 35.5 cm³/mol. The molecule has 0 aromatic rings. The van der Waals surface area contributed by atoms with E-state index in [4.69, 9.17) is 31.0 Å². The highest BCUT2D eigenvalue weighted by molar-refractivity contribution is 6.25. The van der Waals surface area contributed by atoms with Crippen LogP contribution in [0, 0.1) is 0 Å². The van der Waals surface area contributed by atoms with Gasteiger partial charge in [0, 0.05) is 11.3 Å². The molecule has 0 heterocycles. The minimum Gasteiger partial charge on any atom is -0.127 e. The standard InChI is InChI=1S/C4H7BCl2/c5-3-4(7)1-2-6/h4H,1-3H2. The van der Waals surface area contributed by atoms with E-state index >= 15 is 0 Å². The minimum atomic E-state index is 0.0671. The average Bonchev–Trinajstić information content (AvgIpc) is 1.68. The van der Waals surface area contributed by atoms with Crippen LogP contribution in [0.15, 0.2) is 0 Å². The van der Waals surface area contributed by atoms with Gasteiger partial charge in [0.05, 0.1) is 7.85 Å². The Bertz CT molecular complexity index is 40.7. The van der Waals surface area contributed by atoms with E-state index in [0.717, 1.165) is 6.42 Å². The van der Waals surface area contributed by atoms with Crippen LogP contribution in [0.3, 0.4) is 0 Å². The highest BCUT2D eigenvalue weighted by atomic mass is 35.5. The normalized spacial score (nSPS) is 14.0. The van der Waals surface area contributed by atoms with Crippen molar-refractivity contribution in [1.82, 2.24) is 0 Å². The van der Waals surface area contributed by atoms with E-state index in [1.165, 1.54) is 0 Å². The lowest BCUT2D eigenvalue weighted by molar-refractivity contribution is 0.900. The molecule has 2 radical (unpaired) electrons. The van der Waals surface area contributed by atoms with Gasteiger partial charge in [-0.25, -0.2) is 0 Å². The van der Waals surface area contributed by atoms with E-state index < -0.39 is 0 Å². The summed E-state index contributed by atoms with van der Waals surface area (Å²) in [6, 6.07) is 0. The number of hydrogen-bond acceptors (Lipinski definition) is 0. The Labute approximate surface area is 55.6 Å². The Morgan fingerprint density at radius 1 is 1.57 bits per heavy atom. The first-order valence-corrected chi connectivity index (χ1v) is 3.18. The molecule has 1 atom stereocenters. The Balaban J connectivity index is 2.83. The Hall–Kier alpha value is 0.645. The average molecular weight is 137 g/mol. The van der Waals surface area contributed by atoms with Gasteiger partial charge in [-0.15, -0.1) is 23.2 Å². The highest BCUT2D eigenvalue weighted by Gasteiger charge is 1.96. The van der Waals surface area contributed by atoms with E-state index in [9.17, 15) is 0 Å². The summed E-state index contributed by atoms with van der Waals surface area (Å²) in [4.78, 5) is 0. The molecule has 0 fully saturated rings. The predicted octanol–water partition coefficient (Wildman–Crippen LogP) is 1.81. The van der Waals surface area contributed by atoms with Gasteiger partial charge < -0.3 is 0 Å². The molecule has 0 N–H and O–H groups in total. The topological polar surface area (TPSA) is 0 Å². The maximum absolute atomic E-state index is 5.56. The molecule has 7 heavy (non-hydrogen) atoms. The molecule has 0 amide bonds. The van der Waals surface area contributed by atoms with Crippen LogP contribution in [0.2, 0.25) is 6.32 Å². The van der Waals surface area contributed by atoms with E-state index in [1.807, 2.05) is 0 Å². The quantitative estimate of drug-likeness (QED) is 0.410. The van der Waals surface area contributed by atoms with Crippen molar-refractivity contribution in [2.45, 2.75) is 18.1 Å². The van der Waals surface area contributed by atoms with Crippen LogP contribution in [0.5, 0.6) is 0 Å². The molecule has 0 saturated carbocycles. The molecule has 40 valence electrons. The van der Waals surface area contributed by atoms with Crippen LogP contribution >= 0.6 is 23.2 Å². The molecule has 1 unspecified atom stereocenters. The van der Waals surface area contributed by atoms with Gasteiger partial charge in [-0.2, -0.15) is 0 Å². The third-order valence-electron chi connectivity index (χ3n) is 0.678. The second-order valence-electron chi connectivity index (χ2n) is 1.31. The van der Waals surface area contributed by atoms with Crippen LogP contribution < -0.4 is 0 Å². The largest absolute Gasteiger partial charge is 0.127 e. The van der Waals surface area contributed by atoms with Gasteiger partial charge >= 0.3 is 0 Å². The molecule has 0 rings (SSSR count). The fourth-order valence-corrected chi connectivity index (χ4v) is 0.720. The molecule has 0 aliphatic carbocycles. The van der Waals surface area contributed by atoms with Gasteiger partial charge in [0.25, 0.3) is 0 Å². The zero-order valence-electron chi connectivity index (χ0n) is 4.03. The van der Waals surface area contributed by atoms with Crippen molar-refractivity contribution in [3.8, 4) is 0 Å². The second kappa shape index (κ2) is 4.80. The van der Waals surface area contributed by atoms with Crippen molar-refractivity contribution in [3.05, 3.63) is 0 Å². The summed E-state index contributed by atoms with van der Waals surface area (Å²) < 4.78 is 0.